The van der Waals surface area contributed by atoms with Gasteiger partial charge in [-0.25, -0.2) is 4.68 Å². The number of aromatic nitrogens is 2. The third-order valence-electron chi connectivity index (χ3n) is 4.62. The highest BCUT2D eigenvalue weighted by atomic mass is 35.5. The van der Waals surface area contributed by atoms with Crippen LogP contribution >= 0.6 is 11.6 Å². The van der Waals surface area contributed by atoms with E-state index in [2.05, 4.69) is 22.5 Å². The molecular weight excluding hydrogens is 382 g/mol. The molecule has 1 aromatic heterocycles. The number of hydrogen-bond donors (Lipinski definition) is 1. The molecule has 0 unspecified atom stereocenters. The van der Waals surface area contributed by atoms with Gasteiger partial charge in [-0.1, -0.05) is 59.6 Å². The summed E-state index contributed by atoms with van der Waals surface area (Å²) in [6.45, 7) is 4.08. The van der Waals surface area contributed by atoms with Crippen LogP contribution in [0.25, 0.3) is 16.9 Å². The Kier molecular flexibility index (Phi) is 5.19. The topological polar surface area (TPSA) is 46.9 Å². The number of rotatable bonds is 4. The monoisotopic (exact) mass is 401 g/mol. The maximum atomic E-state index is 12.8. The average molecular weight is 402 g/mol. The van der Waals surface area contributed by atoms with Gasteiger partial charge in [0.2, 0.25) is 0 Å². The van der Waals surface area contributed by atoms with E-state index in [1.807, 2.05) is 61.0 Å². The van der Waals surface area contributed by atoms with Gasteiger partial charge in [-0.15, -0.1) is 0 Å². The van der Waals surface area contributed by atoms with Crippen LogP contribution in [0.1, 0.15) is 21.6 Å². The van der Waals surface area contributed by atoms with Gasteiger partial charge in [0.1, 0.15) is 0 Å². The third kappa shape index (κ3) is 4.23. The first-order valence-electron chi connectivity index (χ1n) is 9.31. The average Bonchev–Trinajstić information content (AvgIpc) is 3.14. The largest absolute Gasteiger partial charge is 0.321 e. The summed E-state index contributed by atoms with van der Waals surface area (Å²) >= 11 is 6.02. The molecule has 1 N–H and O–H groups in total. The Balaban J connectivity index is 1.76. The van der Waals surface area contributed by atoms with Crippen molar-refractivity contribution in [1.82, 2.24) is 9.78 Å². The molecule has 29 heavy (non-hydrogen) atoms. The van der Waals surface area contributed by atoms with E-state index in [-0.39, 0.29) is 5.91 Å². The predicted octanol–water partition coefficient (Wildman–Crippen LogP) is 6.06. The van der Waals surface area contributed by atoms with Crippen molar-refractivity contribution in [2.45, 2.75) is 13.8 Å². The molecule has 1 heterocycles. The normalized spacial score (nSPS) is 10.7. The third-order valence-corrected chi connectivity index (χ3v) is 4.85. The minimum Gasteiger partial charge on any atom is -0.321 e. The first-order valence-corrected chi connectivity index (χ1v) is 9.68. The van der Waals surface area contributed by atoms with Crippen molar-refractivity contribution in [2.75, 3.05) is 5.32 Å². The number of nitrogens with zero attached hydrogens (tertiary/aromatic N) is 2. The fourth-order valence-corrected chi connectivity index (χ4v) is 3.33. The van der Waals surface area contributed by atoms with Crippen molar-refractivity contribution in [2.24, 2.45) is 0 Å². The Morgan fingerprint density at radius 3 is 2.38 bits per heavy atom. The Hall–Kier alpha value is -3.37. The number of carbonyl (C=O) groups is 1. The van der Waals surface area contributed by atoms with Gasteiger partial charge >= 0.3 is 0 Å². The Morgan fingerprint density at radius 1 is 0.897 bits per heavy atom. The van der Waals surface area contributed by atoms with Crippen LogP contribution in [0, 0.1) is 13.8 Å². The smallest absolute Gasteiger partial charge is 0.276 e. The molecule has 0 bridgehead atoms. The molecule has 0 aliphatic rings. The van der Waals surface area contributed by atoms with E-state index in [0.717, 1.165) is 22.5 Å². The number of halogens is 1. The van der Waals surface area contributed by atoms with E-state index in [9.17, 15) is 4.79 Å². The highest BCUT2D eigenvalue weighted by Crippen LogP contribution is 2.26. The second-order valence-electron chi connectivity index (χ2n) is 7.00. The lowest BCUT2D eigenvalue weighted by atomic mass is 10.1. The first-order chi connectivity index (χ1) is 14.0. The van der Waals surface area contributed by atoms with Crippen molar-refractivity contribution in [3.63, 3.8) is 0 Å². The van der Waals surface area contributed by atoms with Crippen LogP contribution in [0.2, 0.25) is 5.02 Å². The Morgan fingerprint density at radius 2 is 1.66 bits per heavy atom. The standard InChI is InChI=1S/C24H20ClN3O/c1-16-9-11-18(12-10-16)23-15-22(24(29)26-20-7-4-6-19(25)14-20)27-28(23)21-8-3-5-17(2)13-21/h3-15H,1-2H3,(H,26,29). The molecular formula is C24H20ClN3O. The fraction of sp³-hybridized carbons (Fsp3) is 0.0833. The van der Waals surface area contributed by atoms with Crippen molar-refractivity contribution in [1.29, 1.82) is 0 Å². The van der Waals surface area contributed by atoms with Crippen LogP contribution in [0.15, 0.2) is 78.9 Å². The van der Waals surface area contributed by atoms with Gasteiger partial charge in [0.25, 0.3) is 5.91 Å². The van der Waals surface area contributed by atoms with Gasteiger partial charge < -0.3 is 5.32 Å². The van der Waals surface area contributed by atoms with Crippen molar-refractivity contribution in [3.05, 3.63) is 101 Å². The van der Waals surface area contributed by atoms with Gasteiger partial charge in [-0.2, -0.15) is 5.10 Å². The number of hydrogen-bond acceptors (Lipinski definition) is 2. The van der Waals surface area contributed by atoms with Crippen LogP contribution in [0.5, 0.6) is 0 Å². The summed E-state index contributed by atoms with van der Waals surface area (Å²) < 4.78 is 1.81. The summed E-state index contributed by atoms with van der Waals surface area (Å²) in [6.07, 6.45) is 0. The van der Waals surface area contributed by atoms with Gasteiger partial charge in [0, 0.05) is 16.3 Å². The SMILES string of the molecule is Cc1ccc(-c2cc(C(=O)Nc3cccc(Cl)c3)nn2-c2cccc(C)c2)cc1. The van der Waals surface area contributed by atoms with Gasteiger partial charge in [0.15, 0.2) is 5.69 Å². The number of benzene rings is 3. The maximum Gasteiger partial charge on any atom is 0.276 e. The molecule has 1 amide bonds. The van der Waals surface area contributed by atoms with Crippen LogP contribution in [0.3, 0.4) is 0 Å². The summed E-state index contributed by atoms with van der Waals surface area (Å²) in [7, 11) is 0. The maximum absolute atomic E-state index is 12.8. The minimum absolute atomic E-state index is 0.285. The molecule has 4 nitrogen and oxygen atoms in total. The molecule has 0 aliphatic carbocycles. The van der Waals surface area contributed by atoms with Crippen LogP contribution < -0.4 is 5.32 Å². The van der Waals surface area contributed by atoms with E-state index < -0.39 is 0 Å². The quantitative estimate of drug-likeness (QED) is 0.451. The van der Waals surface area contributed by atoms with E-state index in [0.29, 0.717) is 16.4 Å². The summed E-state index contributed by atoms with van der Waals surface area (Å²) in [5, 5.41) is 8.04. The predicted molar refractivity (Wildman–Crippen MR) is 118 cm³/mol. The fourth-order valence-electron chi connectivity index (χ4n) is 3.14. The van der Waals surface area contributed by atoms with E-state index in [1.165, 1.54) is 5.56 Å². The first kappa shape index (κ1) is 19.0. The van der Waals surface area contributed by atoms with Gasteiger partial charge in [-0.3, -0.25) is 4.79 Å². The highest BCUT2D eigenvalue weighted by Gasteiger charge is 2.17. The second-order valence-corrected chi connectivity index (χ2v) is 7.43. The zero-order chi connectivity index (χ0) is 20.4. The summed E-state index contributed by atoms with van der Waals surface area (Å²) in [5.41, 5.74) is 6.01. The molecule has 0 atom stereocenters. The number of amides is 1. The Bertz CT molecular complexity index is 1180. The molecule has 5 heteroatoms. The molecule has 0 saturated carbocycles. The van der Waals surface area contributed by atoms with Crippen molar-refractivity contribution < 1.29 is 4.79 Å². The summed E-state index contributed by atoms with van der Waals surface area (Å²) in [4.78, 5) is 12.8. The van der Waals surface area contributed by atoms with Crippen LogP contribution in [0.4, 0.5) is 5.69 Å². The molecule has 0 radical (unpaired) electrons. The second kappa shape index (κ2) is 7.94. The zero-order valence-electron chi connectivity index (χ0n) is 16.2. The molecule has 4 aromatic rings. The van der Waals surface area contributed by atoms with Crippen LogP contribution in [-0.2, 0) is 0 Å². The molecule has 3 aromatic carbocycles. The van der Waals surface area contributed by atoms with E-state index in [1.54, 1.807) is 24.3 Å². The Labute approximate surface area is 174 Å². The molecule has 0 saturated heterocycles. The van der Waals surface area contributed by atoms with E-state index in [4.69, 9.17) is 11.6 Å². The number of aryl methyl sites for hydroxylation is 2. The van der Waals surface area contributed by atoms with E-state index >= 15 is 0 Å². The summed E-state index contributed by atoms with van der Waals surface area (Å²) in [5.74, 6) is -0.285. The van der Waals surface area contributed by atoms with Crippen LogP contribution in [-0.4, -0.2) is 15.7 Å². The number of nitrogens with one attached hydrogen (secondary N) is 1. The van der Waals surface area contributed by atoms with Gasteiger partial charge in [-0.05, 0) is 55.8 Å². The lowest BCUT2D eigenvalue weighted by molar-refractivity contribution is 0.102. The molecule has 4 rings (SSSR count). The lowest BCUT2D eigenvalue weighted by Crippen LogP contribution is -2.13. The highest BCUT2D eigenvalue weighted by molar-refractivity contribution is 6.30. The lowest BCUT2D eigenvalue weighted by Gasteiger charge is -2.08. The minimum atomic E-state index is -0.285. The summed E-state index contributed by atoms with van der Waals surface area (Å²) in [6, 6.07) is 25.1. The number of carbonyl (C=O) groups excluding carboxylic acids is 1. The molecule has 0 fully saturated rings. The number of anilines is 1. The zero-order valence-corrected chi connectivity index (χ0v) is 16.9. The van der Waals surface area contributed by atoms with Crippen molar-refractivity contribution in [3.8, 4) is 16.9 Å². The molecule has 0 aliphatic heterocycles. The van der Waals surface area contributed by atoms with Gasteiger partial charge in [0.05, 0.1) is 11.4 Å². The van der Waals surface area contributed by atoms with Crippen molar-refractivity contribution >= 4 is 23.2 Å². The molecule has 144 valence electrons. The molecule has 0 spiro atoms.